The lowest BCUT2D eigenvalue weighted by Crippen LogP contribution is -1.93. The van der Waals surface area contributed by atoms with Gasteiger partial charge in [0.15, 0.2) is 11.0 Å². The van der Waals surface area contributed by atoms with Crippen LogP contribution in [0.15, 0.2) is 36.7 Å². The van der Waals surface area contributed by atoms with E-state index in [1.165, 1.54) is 11.3 Å². The summed E-state index contributed by atoms with van der Waals surface area (Å²) in [6.07, 6.45) is 3.61. The molecule has 96 valence electrons. The number of anilines is 1. The molecule has 0 radical (unpaired) electrons. The Kier molecular flexibility index (Phi) is 3.00. The minimum atomic E-state index is 0.507. The van der Waals surface area contributed by atoms with Crippen LogP contribution in [0.3, 0.4) is 0 Å². The van der Waals surface area contributed by atoms with Gasteiger partial charge in [-0.05, 0) is 6.07 Å². The topological polar surface area (TPSA) is 56.7 Å². The van der Waals surface area contributed by atoms with Crippen molar-refractivity contribution in [2.24, 2.45) is 7.05 Å². The van der Waals surface area contributed by atoms with E-state index in [9.17, 15) is 0 Å². The first-order valence-electron chi connectivity index (χ1n) is 5.65. The molecule has 2 heterocycles. The molecule has 19 heavy (non-hydrogen) atoms. The van der Waals surface area contributed by atoms with Gasteiger partial charge in [0.25, 0.3) is 0 Å². The van der Waals surface area contributed by atoms with Crippen molar-refractivity contribution < 1.29 is 0 Å². The zero-order valence-electron chi connectivity index (χ0n) is 10.2. The molecule has 2 aromatic heterocycles. The summed E-state index contributed by atoms with van der Waals surface area (Å²) in [6.45, 7) is 0. The Morgan fingerprint density at radius 2 is 2.11 bits per heavy atom. The van der Waals surface area contributed by atoms with Gasteiger partial charge in [-0.15, -0.1) is 0 Å². The number of aryl methyl sites for hydroxylation is 1. The molecule has 0 amide bonds. The van der Waals surface area contributed by atoms with Crippen molar-refractivity contribution in [3.05, 3.63) is 41.7 Å². The van der Waals surface area contributed by atoms with Gasteiger partial charge in [-0.1, -0.05) is 41.1 Å². The van der Waals surface area contributed by atoms with Crippen molar-refractivity contribution in [2.75, 3.05) is 5.73 Å². The van der Waals surface area contributed by atoms with Gasteiger partial charge in [0, 0.05) is 30.0 Å². The molecule has 2 N–H and O–H groups in total. The number of hydrogen-bond donors (Lipinski definition) is 1. The van der Waals surface area contributed by atoms with Gasteiger partial charge in [-0.25, -0.2) is 9.97 Å². The summed E-state index contributed by atoms with van der Waals surface area (Å²) in [6, 6.07) is 7.66. The Bertz CT molecular complexity index is 732. The Hall–Kier alpha value is -1.85. The summed E-state index contributed by atoms with van der Waals surface area (Å²) in [4.78, 5) is 9.65. The number of rotatable bonds is 2. The summed E-state index contributed by atoms with van der Waals surface area (Å²) < 4.78 is 1.91. The van der Waals surface area contributed by atoms with Crippen molar-refractivity contribution >= 4 is 28.1 Å². The molecular weight excluding hydrogens is 280 g/mol. The molecule has 0 aliphatic carbocycles. The third kappa shape index (κ3) is 2.11. The lowest BCUT2D eigenvalue weighted by Gasteiger charge is -2.04. The molecule has 6 heteroatoms. The number of nitrogen functional groups attached to an aromatic ring is 1. The van der Waals surface area contributed by atoms with E-state index in [4.69, 9.17) is 17.3 Å². The van der Waals surface area contributed by atoms with Gasteiger partial charge in [0.05, 0.1) is 4.88 Å². The highest BCUT2D eigenvalue weighted by Crippen LogP contribution is 2.40. The smallest absolute Gasteiger partial charge is 0.181 e. The lowest BCUT2D eigenvalue weighted by molar-refractivity contribution is 0.920. The zero-order chi connectivity index (χ0) is 13.4. The SMILES string of the molecule is Cn1ccnc1-c1nc(N)sc1-c1ccccc1Cl. The largest absolute Gasteiger partial charge is 0.375 e. The Balaban J connectivity index is 2.24. The summed E-state index contributed by atoms with van der Waals surface area (Å²) >= 11 is 7.67. The normalized spacial score (nSPS) is 10.8. The average Bonchev–Trinajstić information content (AvgIpc) is 2.96. The molecule has 0 fully saturated rings. The lowest BCUT2D eigenvalue weighted by atomic mass is 10.1. The highest BCUT2D eigenvalue weighted by atomic mass is 35.5. The number of hydrogen-bond acceptors (Lipinski definition) is 4. The summed E-state index contributed by atoms with van der Waals surface area (Å²) in [5.74, 6) is 0.780. The van der Waals surface area contributed by atoms with Gasteiger partial charge < -0.3 is 10.3 Å². The maximum absolute atomic E-state index is 6.25. The molecular formula is C13H11ClN4S. The Labute approximate surface area is 119 Å². The van der Waals surface area contributed by atoms with Gasteiger partial charge in [-0.2, -0.15) is 0 Å². The van der Waals surface area contributed by atoms with E-state index in [0.29, 0.717) is 10.2 Å². The van der Waals surface area contributed by atoms with Gasteiger partial charge in [-0.3, -0.25) is 0 Å². The average molecular weight is 291 g/mol. The third-order valence-electron chi connectivity index (χ3n) is 2.80. The van der Waals surface area contributed by atoms with Gasteiger partial charge in [0.1, 0.15) is 5.69 Å². The standard InChI is InChI=1S/C13H11ClN4S/c1-18-7-6-16-12(18)10-11(19-13(15)17-10)8-4-2-3-5-9(8)14/h2-7H,1H3,(H2,15,17). The van der Waals surface area contributed by atoms with Crippen LogP contribution < -0.4 is 5.73 Å². The number of imidazole rings is 1. The summed E-state index contributed by atoms with van der Waals surface area (Å²) in [7, 11) is 1.92. The second-order valence-corrected chi connectivity index (χ2v) is 5.51. The van der Waals surface area contributed by atoms with E-state index >= 15 is 0 Å². The first-order chi connectivity index (χ1) is 9.16. The molecule has 4 nitrogen and oxygen atoms in total. The molecule has 0 saturated carbocycles. The summed E-state index contributed by atoms with van der Waals surface area (Å²) in [5.41, 5.74) is 7.54. The second-order valence-electron chi connectivity index (χ2n) is 4.07. The van der Waals surface area contributed by atoms with Crippen LogP contribution in [-0.2, 0) is 7.05 Å². The zero-order valence-corrected chi connectivity index (χ0v) is 11.7. The van der Waals surface area contributed by atoms with Crippen molar-refractivity contribution in [3.8, 4) is 22.0 Å². The number of aromatic nitrogens is 3. The Morgan fingerprint density at radius 3 is 2.79 bits per heavy atom. The molecule has 0 atom stereocenters. The fourth-order valence-electron chi connectivity index (χ4n) is 1.91. The Morgan fingerprint density at radius 1 is 1.32 bits per heavy atom. The first-order valence-corrected chi connectivity index (χ1v) is 6.85. The number of nitrogens with two attached hydrogens (primary N) is 1. The van der Waals surface area contributed by atoms with Gasteiger partial charge in [0.2, 0.25) is 0 Å². The van der Waals surface area contributed by atoms with E-state index < -0.39 is 0 Å². The van der Waals surface area contributed by atoms with Crippen LogP contribution in [0.1, 0.15) is 0 Å². The van der Waals surface area contributed by atoms with Crippen LogP contribution in [0.4, 0.5) is 5.13 Å². The van der Waals surface area contributed by atoms with Crippen LogP contribution in [0.5, 0.6) is 0 Å². The fourth-order valence-corrected chi connectivity index (χ4v) is 3.06. The van der Waals surface area contributed by atoms with E-state index in [1.54, 1.807) is 6.20 Å². The minimum Gasteiger partial charge on any atom is -0.375 e. The van der Waals surface area contributed by atoms with E-state index in [2.05, 4.69) is 9.97 Å². The van der Waals surface area contributed by atoms with Gasteiger partial charge >= 0.3 is 0 Å². The molecule has 0 spiro atoms. The molecule has 0 aliphatic heterocycles. The maximum atomic E-state index is 6.25. The monoisotopic (exact) mass is 290 g/mol. The highest BCUT2D eigenvalue weighted by Gasteiger charge is 2.18. The summed E-state index contributed by atoms with van der Waals surface area (Å²) in [5, 5.41) is 1.19. The van der Waals surface area contributed by atoms with Crippen LogP contribution in [0.25, 0.3) is 22.0 Å². The van der Waals surface area contributed by atoms with Crippen LogP contribution in [0.2, 0.25) is 5.02 Å². The predicted octanol–water partition coefficient (Wildman–Crippen LogP) is 3.45. The number of nitrogens with zero attached hydrogens (tertiary/aromatic N) is 3. The highest BCUT2D eigenvalue weighted by molar-refractivity contribution is 7.19. The minimum absolute atomic E-state index is 0.507. The van der Waals surface area contributed by atoms with E-state index in [-0.39, 0.29) is 0 Å². The van der Waals surface area contributed by atoms with Crippen molar-refractivity contribution in [1.82, 2.24) is 14.5 Å². The first kappa shape index (κ1) is 12.2. The van der Waals surface area contributed by atoms with Crippen LogP contribution in [0, 0.1) is 0 Å². The fraction of sp³-hybridized carbons (Fsp3) is 0.0769. The maximum Gasteiger partial charge on any atom is 0.181 e. The van der Waals surface area contributed by atoms with Crippen molar-refractivity contribution in [1.29, 1.82) is 0 Å². The van der Waals surface area contributed by atoms with E-state index in [1.807, 2.05) is 42.1 Å². The number of benzene rings is 1. The molecule has 3 aromatic rings. The molecule has 0 bridgehead atoms. The second kappa shape index (κ2) is 4.68. The molecule has 0 saturated heterocycles. The molecule has 3 rings (SSSR count). The van der Waals surface area contributed by atoms with E-state index in [0.717, 1.165) is 22.0 Å². The molecule has 0 unspecified atom stereocenters. The number of thiazole rings is 1. The predicted molar refractivity (Wildman–Crippen MR) is 79.2 cm³/mol. The van der Waals surface area contributed by atoms with Crippen LogP contribution >= 0.6 is 22.9 Å². The molecule has 1 aromatic carbocycles. The van der Waals surface area contributed by atoms with Crippen LogP contribution in [-0.4, -0.2) is 14.5 Å². The van der Waals surface area contributed by atoms with Crippen molar-refractivity contribution in [3.63, 3.8) is 0 Å². The third-order valence-corrected chi connectivity index (χ3v) is 4.04. The number of halogens is 1. The quantitative estimate of drug-likeness (QED) is 0.786. The van der Waals surface area contributed by atoms with Crippen molar-refractivity contribution in [2.45, 2.75) is 0 Å². The molecule has 0 aliphatic rings.